The Hall–Kier alpha value is -1.77. The monoisotopic (exact) mass is 206 g/mol. The number of carbonyl (C=O) groups is 1. The van der Waals surface area contributed by atoms with Crippen LogP contribution in [0.2, 0.25) is 0 Å². The van der Waals surface area contributed by atoms with Gasteiger partial charge in [-0.1, -0.05) is 18.2 Å². The molecule has 0 unspecified atom stereocenters. The lowest BCUT2D eigenvalue weighted by Crippen LogP contribution is -2.05. The Morgan fingerprint density at radius 1 is 1.60 bits per heavy atom. The molecule has 0 aliphatic heterocycles. The lowest BCUT2D eigenvalue weighted by molar-refractivity contribution is 0.0692. The van der Waals surface area contributed by atoms with Crippen LogP contribution in [0, 0.1) is 6.92 Å². The Balaban J connectivity index is 2.92. The first-order chi connectivity index (χ1) is 7.16. The van der Waals surface area contributed by atoms with Crippen molar-refractivity contribution in [3.8, 4) is 5.75 Å². The number of carboxylic acid groups (broad SMARTS) is 1. The molecule has 0 spiro atoms. The Bertz CT molecular complexity index is 369. The number of hydrogen-bond acceptors (Lipinski definition) is 2. The molecule has 15 heavy (non-hydrogen) atoms. The zero-order valence-corrected chi connectivity index (χ0v) is 8.69. The minimum atomic E-state index is -0.965. The molecule has 80 valence electrons. The number of aromatic carboxylic acids is 1. The second-order valence-electron chi connectivity index (χ2n) is 3.18. The topological polar surface area (TPSA) is 46.5 Å². The molecule has 1 aromatic carbocycles. The van der Waals surface area contributed by atoms with Crippen LogP contribution in [0.15, 0.2) is 30.9 Å². The van der Waals surface area contributed by atoms with Gasteiger partial charge in [-0.3, -0.25) is 0 Å². The molecule has 0 amide bonds. The summed E-state index contributed by atoms with van der Waals surface area (Å²) < 4.78 is 5.42. The lowest BCUT2D eigenvalue weighted by Gasteiger charge is -2.10. The van der Waals surface area contributed by atoms with Gasteiger partial charge in [0.2, 0.25) is 0 Å². The van der Waals surface area contributed by atoms with Crippen LogP contribution in [0.1, 0.15) is 22.3 Å². The predicted molar refractivity (Wildman–Crippen MR) is 58.4 cm³/mol. The standard InChI is InChI=1S/C12H14O3/c1-3-4-8-15-11-9(2)6-5-7-10(11)12(13)14/h3,5-7H,1,4,8H2,2H3,(H,13,14). The highest BCUT2D eigenvalue weighted by Gasteiger charge is 2.12. The third-order valence-electron chi connectivity index (χ3n) is 2.01. The molecule has 0 radical (unpaired) electrons. The molecule has 3 nitrogen and oxygen atoms in total. The van der Waals surface area contributed by atoms with Gasteiger partial charge in [0, 0.05) is 0 Å². The first kappa shape index (κ1) is 11.3. The van der Waals surface area contributed by atoms with Crippen LogP contribution in [-0.4, -0.2) is 17.7 Å². The highest BCUT2D eigenvalue weighted by molar-refractivity contribution is 5.91. The van der Waals surface area contributed by atoms with Gasteiger partial charge < -0.3 is 9.84 Å². The van der Waals surface area contributed by atoms with Crippen LogP contribution >= 0.6 is 0 Å². The van der Waals surface area contributed by atoms with Crippen LogP contribution in [0.3, 0.4) is 0 Å². The molecule has 0 fully saturated rings. The summed E-state index contributed by atoms with van der Waals surface area (Å²) in [6, 6.07) is 5.08. The molecule has 3 heteroatoms. The quantitative estimate of drug-likeness (QED) is 0.595. The molecule has 0 aliphatic carbocycles. The molecular weight excluding hydrogens is 192 g/mol. The number of benzene rings is 1. The zero-order valence-electron chi connectivity index (χ0n) is 8.69. The summed E-state index contributed by atoms with van der Waals surface area (Å²) in [6.45, 7) is 5.86. The average molecular weight is 206 g/mol. The van der Waals surface area contributed by atoms with Gasteiger partial charge in [0.1, 0.15) is 11.3 Å². The van der Waals surface area contributed by atoms with Gasteiger partial charge >= 0.3 is 5.97 Å². The Morgan fingerprint density at radius 3 is 2.93 bits per heavy atom. The van der Waals surface area contributed by atoms with E-state index in [1.54, 1.807) is 18.2 Å². The van der Waals surface area contributed by atoms with E-state index in [2.05, 4.69) is 6.58 Å². The van der Waals surface area contributed by atoms with Gasteiger partial charge in [-0.25, -0.2) is 4.79 Å². The van der Waals surface area contributed by atoms with E-state index in [-0.39, 0.29) is 5.56 Å². The third kappa shape index (κ3) is 2.84. The third-order valence-corrected chi connectivity index (χ3v) is 2.01. The van der Waals surface area contributed by atoms with Crippen molar-refractivity contribution in [2.75, 3.05) is 6.61 Å². The van der Waals surface area contributed by atoms with Crippen molar-refractivity contribution in [3.63, 3.8) is 0 Å². The molecule has 0 aromatic heterocycles. The zero-order chi connectivity index (χ0) is 11.3. The molecule has 1 rings (SSSR count). The number of hydrogen-bond donors (Lipinski definition) is 1. The van der Waals surface area contributed by atoms with Crippen LogP contribution in [-0.2, 0) is 0 Å². The van der Waals surface area contributed by atoms with Gasteiger partial charge in [-0.05, 0) is 25.0 Å². The molecule has 0 saturated carbocycles. The molecule has 1 aromatic rings. The van der Waals surface area contributed by atoms with Crippen LogP contribution < -0.4 is 4.74 Å². The van der Waals surface area contributed by atoms with E-state index in [9.17, 15) is 4.79 Å². The highest BCUT2D eigenvalue weighted by Crippen LogP contribution is 2.23. The SMILES string of the molecule is C=CCCOc1c(C)cccc1C(=O)O. The average Bonchev–Trinajstić information content (AvgIpc) is 2.20. The van der Waals surface area contributed by atoms with E-state index in [0.29, 0.717) is 18.8 Å². The van der Waals surface area contributed by atoms with E-state index in [4.69, 9.17) is 9.84 Å². The number of aryl methyl sites for hydroxylation is 1. The highest BCUT2D eigenvalue weighted by atomic mass is 16.5. The van der Waals surface area contributed by atoms with Crippen molar-refractivity contribution in [2.24, 2.45) is 0 Å². The molecule has 0 heterocycles. The fourth-order valence-corrected chi connectivity index (χ4v) is 1.26. The van der Waals surface area contributed by atoms with Crippen molar-refractivity contribution in [1.29, 1.82) is 0 Å². The molecule has 0 aliphatic rings. The fraction of sp³-hybridized carbons (Fsp3) is 0.250. The minimum absolute atomic E-state index is 0.207. The largest absolute Gasteiger partial charge is 0.492 e. The first-order valence-corrected chi connectivity index (χ1v) is 4.73. The van der Waals surface area contributed by atoms with Gasteiger partial charge in [0.15, 0.2) is 0 Å². The Morgan fingerprint density at radius 2 is 2.33 bits per heavy atom. The van der Waals surface area contributed by atoms with Crippen molar-refractivity contribution < 1.29 is 14.6 Å². The van der Waals surface area contributed by atoms with E-state index in [1.165, 1.54) is 0 Å². The maximum atomic E-state index is 10.9. The number of para-hydroxylation sites is 1. The number of ether oxygens (including phenoxy) is 1. The van der Waals surface area contributed by atoms with Gasteiger partial charge in [0.25, 0.3) is 0 Å². The second-order valence-corrected chi connectivity index (χ2v) is 3.18. The second kappa shape index (κ2) is 5.20. The summed E-state index contributed by atoms with van der Waals surface area (Å²) in [5.41, 5.74) is 1.04. The van der Waals surface area contributed by atoms with Crippen LogP contribution in [0.5, 0.6) is 5.75 Å². The maximum Gasteiger partial charge on any atom is 0.339 e. The van der Waals surface area contributed by atoms with Crippen molar-refractivity contribution in [1.82, 2.24) is 0 Å². The van der Waals surface area contributed by atoms with Gasteiger partial charge in [-0.15, -0.1) is 6.58 Å². The van der Waals surface area contributed by atoms with E-state index < -0.39 is 5.97 Å². The predicted octanol–water partition coefficient (Wildman–Crippen LogP) is 2.65. The molecular formula is C12H14O3. The van der Waals surface area contributed by atoms with Crippen molar-refractivity contribution >= 4 is 5.97 Å². The van der Waals surface area contributed by atoms with Crippen LogP contribution in [0.4, 0.5) is 0 Å². The fourth-order valence-electron chi connectivity index (χ4n) is 1.26. The summed E-state index contributed by atoms with van der Waals surface area (Å²) in [5.74, 6) is -0.515. The Kier molecular flexibility index (Phi) is 3.92. The molecule has 0 bridgehead atoms. The number of carboxylic acids is 1. The van der Waals surface area contributed by atoms with E-state index in [0.717, 1.165) is 5.56 Å². The maximum absolute atomic E-state index is 10.9. The van der Waals surface area contributed by atoms with E-state index in [1.807, 2.05) is 13.0 Å². The molecule has 0 atom stereocenters. The lowest BCUT2D eigenvalue weighted by atomic mass is 10.1. The summed E-state index contributed by atoms with van der Waals surface area (Å²) in [4.78, 5) is 10.9. The molecule has 0 saturated heterocycles. The normalized spacial score (nSPS) is 9.67. The van der Waals surface area contributed by atoms with E-state index >= 15 is 0 Å². The summed E-state index contributed by atoms with van der Waals surface area (Å²) in [5, 5.41) is 8.95. The van der Waals surface area contributed by atoms with Gasteiger partial charge in [0.05, 0.1) is 6.61 Å². The van der Waals surface area contributed by atoms with Crippen molar-refractivity contribution in [2.45, 2.75) is 13.3 Å². The minimum Gasteiger partial charge on any atom is -0.492 e. The summed E-state index contributed by atoms with van der Waals surface area (Å²) in [7, 11) is 0. The smallest absolute Gasteiger partial charge is 0.339 e. The molecule has 1 N–H and O–H groups in total. The summed E-state index contributed by atoms with van der Waals surface area (Å²) >= 11 is 0. The van der Waals surface area contributed by atoms with Crippen LogP contribution in [0.25, 0.3) is 0 Å². The van der Waals surface area contributed by atoms with Gasteiger partial charge in [-0.2, -0.15) is 0 Å². The summed E-state index contributed by atoms with van der Waals surface area (Å²) in [6.07, 6.45) is 2.44. The first-order valence-electron chi connectivity index (χ1n) is 4.73. The number of rotatable bonds is 5. The van der Waals surface area contributed by atoms with Crippen molar-refractivity contribution in [3.05, 3.63) is 42.0 Å². The Labute approximate surface area is 89.0 Å².